The predicted molar refractivity (Wildman–Crippen MR) is 31.9 cm³/mol. The highest BCUT2D eigenvalue weighted by atomic mass is 16.3. The third kappa shape index (κ3) is 0.650. The lowest BCUT2D eigenvalue weighted by Crippen LogP contribution is -2.07. The SMILES string of the molecule is O[C@@H]1Cc2ccnn2C1. The minimum Gasteiger partial charge on any atom is -0.391 e. The van der Waals surface area contributed by atoms with Crippen LogP contribution in [0, 0.1) is 0 Å². The summed E-state index contributed by atoms with van der Waals surface area (Å²) in [5.41, 5.74) is 1.14. The van der Waals surface area contributed by atoms with Gasteiger partial charge in [-0.15, -0.1) is 0 Å². The van der Waals surface area contributed by atoms with E-state index in [4.69, 9.17) is 5.11 Å². The van der Waals surface area contributed by atoms with Crippen molar-refractivity contribution in [1.29, 1.82) is 0 Å². The molecule has 1 aromatic rings. The maximum atomic E-state index is 9.08. The number of rotatable bonds is 0. The van der Waals surface area contributed by atoms with E-state index in [-0.39, 0.29) is 6.10 Å². The second-order valence-electron chi connectivity index (χ2n) is 2.36. The van der Waals surface area contributed by atoms with Crippen LogP contribution in [0.3, 0.4) is 0 Å². The van der Waals surface area contributed by atoms with Gasteiger partial charge in [0.2, 0.25) is 0 Å². The highest BCUT2D eigenvalue weighted by molar-refractivity contribution is 5.06. The molecule has 0 radical (unpaired) electrons. The molecule has 9 heavy (non-hydrogen) atoms. The van der Waals surface area contributed by atoms with Gasteiger partial charge < -0.3 is 5.11 Å². The van der Waals surface area contributed by atoms with E-state index in [0.29, 0.717) is 6.54 Å². The van der Waals surface area contributed by atoms with Crippen LogP contribution in [0.15, 0.2) is 12.3 Å². The predicted octanol–water partition coefficient (Wildman–Crippen LogP) is -0.200. The molecular weight excluding hydrogens is 116 g/mol. The van der Waals surface area contributed by atoms with E-state index in [1.807, 2.05) is 10.7 Å². The Balaban J connectivity index is 2.39. The van der Waals surface area contributed by atoms with Crippen LogP contribution in [-0.4, -0.2) is 21.0 Å². The zero-order valence-corrected chi connectivity index (χ0v) is 4.99. The fourth-order valence-corrected chi connectivity index (χ4v) is 1.20. The molecule has 0 bridgehead atoms. The fourth-order valence-electron chi connectivity index (χ4n) is 1.20. The van der Waals surface area contributed by atoms with E-state index < -0.39 is 0 Å². The van der Waals surface area contributed by atoms with Gasteiger partial charge in [-0.25, -0.2) is 0 Å². The Hall–Kier alpha value is -0.830. The molecule has 3 nitrogen and oxygen atoms in total. The van der Waals surface area contributed by atoms with Crippen molar-refractivity contribution in [1.82, 2.24) is 9.78 Å². The number of aliphatic hydroxyl groups excluding tert-OH is 1. The van der Waals surface area contributed by atoms with Crippen molar-refractivity contribution in [3.05, 3.63) is 18.0 Å². The first-order valence-electron chi connectivity index (χ1n) is 3.05. The lowest BCUT2D eigenvalue weighted by atomic mass is 10.2. The minimum absolute atomic E-state index is 0.200. The molecule has 0 fully saturated rings. The van der Waals surface area contributed by atoms with Gasteiger partial charge in [-0.3, -0.25) is 4.68 Å². The van der Waals surface area contributed by atoms with Crippen LogP contribution < -0.4 is 0 Å². The van der Waals surface area contributed by atoms with Crippen LogP contribution in [0.1, 0.15) is 5.69 Å². The Kier molecular flexibility index (Phi) is 0.873. The number of hydrogen-bond donors (Lipinski definition) is 1. The summed E-state index contributed by atoms with van der Waals surface area (Å²) in [6.45, 7) is 0.669. The average molecular weight is 124 g/mol. The lowest BCUT2D eigenvalue weighted by Gasteiger charge is -1.94. The van der Waals surface area contributed by atoms with Crippen molar-refractivity contribution in [2.75, 3.05) is 0 Å². The molecule has 0 aliphatic carbocycles. The number of fused-ring (bicyclic) bond motifs is 1. The van der Waals surface area contributed by atoms with Gasteiger partial charge in [-0.1, -0.05) is 0 Å². The largest absolute Gasteiger partial charge is 0.391 e. The first-order valence-corrected chi connectivity index (χ1v) is 3.05. The van der Waals surface area contributed by atoms with Crippen LogP contribution in [0.4, 0.5) is 0 Å². The molecule has 1 N–H and O–H groups in total. The minimum atomic E-state index is -0.200. The number of aromatic nitrogens is 2. The molecule has 48 valence electrons. The van der Waals surface area contributed by atoms with Crippen molar-refractivity contribution >= 4 is 0 Å². The average Bonchev–Trinajstić information content (AvgIpc) is 2.22. The van der Waals surface area contributed by atoms with Crippen LogP contribution >= 0.6 is 0 Å². The normalized spacial score (nSPS) is 24.3. The van der Waals surface area contributed by atoms with Gasteiger partial charge in [0.15, 0.2) is 0 Å². The molecule has 0 amide bonds. The summed E-state index contributed by atoms with van der Waals surface area (Å²) in [7, 11) is 0. The smallest absolute Gasteiger partial charge is 0.0791 e. The summed E-state index contributed by atoms with van der Waals surface area (Å²) >= 11 is 0. The van der Waals surface area contributed by atoms with Gasteiger partial charge in [0.05, 0.1) is 12.6 Å². The number of aliphatic hydroxyl groups is 1. The Labute approximate surface area is 52.9 Å². The summed E-state index contributed by atoms with van der Waals surface area (Å²) in [6, 6.07) is 1.94. The molecule has 0 saturated heterocycles. The quantitative estimate of drug-likeness (QED) is 0.520. The summed E-state index contributed by atoms with van der Waals surface area (Å²) in [5.74, 6) is 0. The number of hydrogen-bond acceptors (Lipinski definition) is 2. The zero-order valence-electron chi connectivity index (χ0n) is 4.99. The highest BCUT2D eigenvalue weighted by Gasteiger charge is 2.18. The van der Waals surface area contributed by atoms with Crippen LogP contribution in [0.2, 0.25) is 0 Å². The summed E-state index contributed by atoms with van der Waals surface area (Å²) in [6.07, 6.45) is 2.33. The Bertz CT molecular complexity index is 198. The van der Waals surface area contributed by atoms with Crippen molar-refractivity contribution in [2.24, 2.45) is 0 Å². The molecule has 2 heterocycles. The van der Waals surface area contributed by atoms with Crippen molar-refractivity contribution < 1.29 is 5.11 Å². The van der Waals surface area contributed by atoms with Gasteiger partial charge in [0, 0.05) is 18.3 Å². The van der Waals surface area contributed by atoms with Crippen molar-refractivity contribution in [3.8, 4) is 0 Å². The Morgan fingerprint density at radius 2 is 2.67 bits per heavy atom. The fraction of sp³-hybridized carbons (Fsp3) is 0.500. The van der Waals surface area contributed by atoms with Crippen molar-refractivity contribution in [3.63, 3.8) is 0 Å². The van der Waals surface area contributed by atoms with Gasteiger partial charge in [0.25, 0.3) is 0 Å². The molecule has 0 aromatic carbocycles. The van der Waals surface area contributed by atoms with E-state index in [1.165, 1.54) is 0 Å². The van der Waals surface area contributed by atoms with Gasteiger partial charge >= 0.3 is 0 Å². The van der Waals surface area contributed by atoms with Crippen LogP contribution in [-0.2, 0) is 13.0 Å². The zero-order chi connectivity index (χ0) is 6.27. The maximum absolute atomic E-state index is 9.08. The lowest BCUT2D eigenvalue weighted by molar-refractivity contribution is 0.172. The standard InChI is InChI=1S/C6H8N2O/c9-6-3-5-1-2-7-8(5)4-6/h1-2,6,9H,3-4H2/t6-/m1/s1. The van der Waals surface area contributed by atoms with Gasteiger partial charge in [-0.2, -0.15) is 5.10 Å². The van der Waals surface area contributed by atoms with Gasteiger partial charge in [0.1, 0.15) is 0 Å². The summed E-state index contributed by atoms with van der Waals surface area (Å²) < 4.78 is 1.84. The van der Waals surface area contributed by atoms with E-state index in [0.717, 1.165) is 12.1 Å². The maximum Gasteiger partial charge on any atom is 0.0791 e. The molecule has 2 rings (SSSR count). The Morgan fingerprint density at radius 1 is 1.78 bits per heavy atom. The summed E-state index contributed by atoms with van der Waals surface area (Å²) in [4.78, 5) is 0. The third-order valence-corrected chi connectivity index (χ3v) is 1.63. The number of nitrogens with zero attached hydrogens (tertiary/aromatic N) is 2. The Morgan fingerprint density at radius 3 is 3.44 bits per heavy atom. The first kappa shape index (κ1) is 4.99. The van der Waals surface area contributed by atoms with E-state index in [1.54, 1.807) is 6.20 Å². The van der Waals surface area contributed by atoms with E-state index in [2.05, 4.69) is 5.10 Å². The molecular formula is C6H8N2O. The highest BCUT2D eigenvalue weighted by Crippen LogP contribution is 2.11. The summed E-state index contributed by atoms with van der Waals surface area (Å²) in [5, 5.41) is 13.1. The van der Waals surface area contributed by atoms with E-state index in [9.17, 15) is 0 Å². The molecule has 1 aliphatic rings. The van der Waals surface area contributed by atoms with Crippen LogP contribution in [0.25, 0.3) is 0 Å². The molecule has 1 aliphatic heterocycles. The molecule has 0 unspecified atom stereocenters. The molecule has 1 atom stereocenters. The monoisotopic (exact) mass is 124 g/mol. The first-order chi connectivity index (χ1) is 4.36. The second kappa shape index (κ2) is 1.57. The molecule has 3 heteroatoms. The third-order valence-electron chi connectivity index (χ3n) is 1.63. The van der Waals surface area contributed by atoms with Crippen LogP contribution in [0.5, 0.6) is 0 Å². The van der Waals surface area contributed by atoms with Crippen molar-refractivity contribution in [2.45, 2.75) is 19.1 Å². The van der Waals surface area contributed by atoms with E-state index >= 15 is 0 Å². The molecule has 0 spiro atoms. The second-order valence-corrected chi connectivity index (χ2v) is 2.36. The molecule has 1 aromatic heterocycles. The molecule has 0 saturated carbocycles. The topological polar surface area (TPSA) is 38.1 Å². The van der Waals surface area contributed by atoms with Gasteiger partial charge in [-0.05, 0) is 6.07 Å².